The summed E-state index contributed by atoms with van der Waals surface area (Å²) in [5.74, 6) is 0.702. The lowest BCUT2D eigenvalue weighted by atomic mass is 10.1. The quantitative estimate of drug-likeness (QED) is 0.562. The molecule has 0 saturated heterocycles. The summed E-state index contributed by atoms with van der Waals surface area (Å²) < 4.78 is 8.44. The lowest BCUT2D eigenvalue weighted by molar-refractivity contribution is 0.302. The van der Waals surface area contributed by atoms with Gasteiger partial charge in [-0.1, -0.05) is 23.7 Å². The molecule has 0 atom stereocenters. The van der Waals surface area contributed by atoms with Gasteiger partial charge in [0.15, 0.2) is 0 Å². The van der Waals surface area contributed by atoms with Gasteiger partial charge in [-0.15, -0.1) is 12.4 Å². The monoisotopic (exact) mass is 376 g/mol. The highest BCUT2D eigenvalue weighted by Crippen LogP contribution is 2.42. The van der Waals surface area contributed by atoms with Crippen molar-refractivity contribution < 1.29 is 4.74 Å². The second-order valence-electron chi connectivity index (χ2n) is 6.64. The molecule has 132 valence electrons. The molecule has 25 heavy (non-hydrogen) atoms. The fourth-order valence-electron chi connectivity index (χ4n) is 3.50. The number of aromatic nitrogens is 2. The lowest BCUT2D eigenvalue weighted by Gasteiger charge is -2.12. The van der Waals surface area contributed by atoms with Gasteiger partial charge in [-0.25, -0.2) is 0 Å². The minimum atomic E-state index is 0. The number of fused-ring (bicyclic) bond motifs is 1. The summed E-state index contributed by atoms with van der Waals surface area (Å²) in [5, 5.41) is 1.96. The fraction of sp³-hybridized carbons (Fsp3) is 0.350. The lowest BCUT2D eigenvalue weighted by Crippen LogP contribution is -2.05. The van der Waals surface area contributed by atoms with Gasteiger partial charge in [0.2, 0.25) is 0 Å². The summed E-state index contributed by atoms with van der Waals surface area (Å²) in [6.45, 7) is 6.99. The van der Waals surface area contributed by atoms with Crippen molar-refractivity contribution in [2.24, 2.45) is 0 Å². The van der Waals surface area contributed by atoms with E-state index in [1.165, 1.54) is 40.6 Å². The molecule has 1 aliphatic carbocycles. The van der Waals surface area contributed by atoms with E-state index in [4.69, 9.17) is 16.3 Å². The van der Waals surface area contributed by atoms with Crippen LogP contribution in [0.25, 0.3) is 10.9 Å². The van der Waals surface area contributed by atoms with Gasteiger partial charge in [-0.05, 0) is 56.9 Å². The molecule has 1 saturated carbocycles. The summed E-state index contributed by atoms with van der Waals surface area (Å²) in [7, 11) is 0. The number of nitrogens with zero attached hydrogens (tertiary/aromatic N) is 2. The highest BCUT2D eigenvalue weighted by Gasteiger charge is 2.29. The SMILES string of the molecule is Cc1cnc(COc2ccccc2Cl)c2c1c(C)c(C)n2C1CC1.Cl. The Balaban J connectivity index is 0.00000182. The molecule has 0 amide bonds. The van der Waals surface area contributed by atoms with Crippen LogP contribution in [0.4, 0.5) is 0 Å². The Kier molecular flexibility index (Phi) is 4.99. The van der Waals surface area contributed by atoms with Crippen LogP contribution >= 0.6 is 24.0 Å². The minimum absolute atomic E-state index is 0. The molecule has 1 fully saturated rings. The molecule has 0 N–H and O–H groups in total. The minimum Gasteiger partial charge on any atom is -0.486 e. The van der Waals surface area contributed by atoms with Crippen molar-refractivity contribution >= 4 is 34.9 Å². The summed E-state index contributed by atoms with van der Waals surface area (Å²) in [6, 6.07) is 8.19. The topological polar surface area (TPSA) is 27.1 Å². The number of pyridine rings is 1. The number of para-hydroxylation sites is 1. The van der Waals surface area contributed by atoms with Gasteiger partial charge in [0.05, 0.1) is 10.5 Å². The third kappa shape index (κ3) is 3.11. The van der Waals surface area contributed by atoms with Gasteiger partial charge in [-0.2, -0.15) is 0 Å². The predicted octanol–water partition coefficient (Wildman–Crippen LogP) is 5.95. The Labute approximate surface area is 159 Å². The van der Waals surface area contributed by atoms with Crippen molar-refractivity contribution in [2.75, 3.05) is 0 Å². The predicted molar refractivity (Wildman–Crippen MR) is 105 cm³/mol. The molecule has 2 aromatic heterocycles. The van der Waals surface area contributed by atoms with Crippen molar-refractivity contribution in [1.82, 2.24) is 9.55 Å². The van der Waals surface area contributed by atoms with E-state index in [0.717, 1.165) is 5.69 Å². The summed E-state index contributed by atoms with van der Waals surface area (Å²) in [5.41, 5.74) is 6.16. The number of ether oxygens (including phenoxy) is 1. The fourth-order valence-corrected chi connectivity index (χ4v) is 3.69. The Morgan fingerprint density at radius 3 is 2.60 bits per heavy atom. The van der Waals surface area contributed by atoms with Crippen molar-refractivity contribution in [2.45, 2.75) is 46.3 Å². The van der Waals surface area contributed by atoms with E-state index in [-0.39, 0.29) is 12.4 Å². The maximum atomic E-state index is 6.20. The maximum absolute atomic E-state index is 6.20. The first kappa shape index (κ1) is 18.1. The first-order chi connectivity index (χ1) is 11.6. The summed E-state index contributed by atoms with van der Waals surface area (Å²) in [6.07, 6.45) is 4.46. The number of aryl methyl sites for hydroxylation is 2. The molecule has 1 aromatic carbocycles. The van der Waals surface area contributed by atoms with E-state index >= 15 is 0 Å². The van der Waals surface area contributed by atoms with Crippen LogP contribution < -0.4 is 4.74 Å². The average molecular weight is 377 g/mol. The largest absolute Gasteiger partial charge is 0.486 e. The van der Waals surface area contributed by atoms with Crippen molar-refractivity contribution in [3.63, 3.8) is 0 Å². The molecule has 5 heteroatoms. The van der Waals surface area contributed by atoms with Gasteiger partial charge in [-0.3, -0.25) is 4.98 Å². The number of benzene rings is 1. The molecule has 4 rings (SSSR count). The second kappa shape index (κ2) is 6.89. The Hall–Kier alpha value is -1.71. The van der Waals surface area contributed by atoms with Gasteiger partial charge >= 0.3 is 0 Å². The highest BCUT2D eigenvalue weighted by molar-refractivity contribution is 6.32. The normalized spacial score (nSPS) is 13.8. The van der Waals surface area contributed by atoms with Crippen LogP contribution in [0.3, 0.4) is 0 Å². The molecule has 2 heterocycles. The third-order valence-corrected chi connectivity index (χ3v) is 5.26. The van der Waals surface area contributed by atoms with Gasteiger partial charge in [0.1, 0.15) is 18.1 Å². The summed E-state index contributed by atoms with van der Waals surface area (Å²) >= 11 is 6.20. The zero-order valence-electron chi connectivity index (χ0n) is 14.7. The van der Waals surface area contributed by atoms with E-state index in [1.54, 1.807) is 0 Å². The summed E-state index contributed by atoms with van der Waals surface area (Å²) in [4.78, 5) is 4.69. The van der Waals surface area contributed by atoms with Gasteiger partial charge in [0, 0.05) is 23.3 Å². The Morgan fingerprint density at radius 1 is 1.20 bits per heavy atom. The van der Waals surface area contributed by atoms with E-state index in [2.05, 4.69) is 30.3 Å². The van der Waals surface area contributed by atoms with Crippen LogP contribution in [-0.2, 0) is 6.61 Å². The van der Waals surface area contributed by atoms with Gasteiger partial charge in [0.25, 0.3) is 0 Å². The van der Waals surface area contributed by atoms with Crippen molar-refractivity contribution in [3.8, 4) is 5.75 Å². The molecular formula is C20H22Cl2N2O. The zero-order chi connectivity index (χ0) is 16.8. The number of hydrogen-bond acceptors (Lipinski definition) is 2. The van der Waals surface area contributed by atoms with E-state index < -0.39 is 0 Å². The highest BCUT2D eigenvalue weighted by atomic mass is 35.5. The molecule has 1 aliphatic rings. The van der Waals surface area contributed by atoms with E-state index in [0.29, 0.717) is 23.4 Å². The zero-order valence-corrected chi connectivity index (χ0v) is 16.2. The Morgan fingerprint density at radius 2 is 1.92 bits per heavy atom. The van der Waals surface area contributed by atoms with Crippen LogP contribution in [0.15, 0.2) is 30.5 Å². The average Bonchev–Trinajstić information content (AvgIpc) is 3.36. The van der Waals surface area contributed by atoms with Crippen molar-refractivity contribution in [1.29, 1.82) is 0 Å². The van der Waals surface area contributed by atoms with Crippen molar-refractivity contribution in [3.05, 3.63) is 58.0 Å². The smallest absolute Gasteiger partial charge is 0.138 e. The Bertz CT molecular complexity index is 929. The molecule has 0 spiro atoms. The molecule has 0 bridgehead atoms. The van der Waals surface area contributed by atoms with Gasteiger partial charge < -0.3 is 9.30 Å². The number of hydrogen-bond donors (Lipinski definition) is 0. The van der Waals surface area contributed by atoms with Crippen LogP contribution in [0.1, 0.15) is 41.4 Å². The standard InChI is InChI=1S/C20H21ClN2O.ClH/c1-12-10-22-17(11-24-18-7-5-4-6-16(18)21)20-19(12)13(2)14(3)23(20)15-8-9-15;/h4-7,10,15H,8-9,11H2,1-3H3;1H. The van der Waals surface area contributed by atoms with E-state index in [9.17, 15) is 0 Å². The van der Waals surface area contributed by atoms with E-state index in [1.807, 2.05) is 30.5 Å². The first-order valence-electron chi connectivity index (χ1n) is 8.41. The maximum Gasteiger partial charge on any atom is 0.138 e. The van der Waals surface area contributed by atoms with Crippen LogP contribution in [-0.4, -0.2) is 9.55 Å². The molecule has 0 unspecified atom stereocenters. The first-order valence-corrected chi connectivity index (χ1v) is 8.78. The van der Waals surface area contributed by atoms with Crippen LogP contribution in [0, 0.1) is 20.8 Å². The van der Waals surface area contributed by atoms with Crippen LogP contribution in [0.5, 0.6) is 5.75 Å². The molecule has 0 aliphatic heterocycles. The molecule has 3 aromatic rings. The second-order valence-corrected chi connectivity index (χ2v) is 7.05. The third-order valence-electron chi connectivity index (χ3n) is 4.95. The molecule has 0 radical (unpaired) electrons. The number of rotatable bonds is 4. The molecule has 3 nitrogen and oxygen atoms in total. The number of halogens is 2. The molecular weight excluding hydrogens is 355 g/mol. The van der Waals surface area contributed by atoms with Crippen LogP contribution in [0.2, 0.25) is 5.02 Å².